The van der Waals surface area contributed by atoms with Gasteiger partial charge < -0.3 is 10.2 Å². The molecule has 0 radical (unpaired) electrons. The van der Waals surface area contributed by atoms with Crippen LogP contribution in [0.25, 0.3) is 0 Å². The fourth-order valence-corrected chi connectivity index (χ4v) is 4.46. The number of thiazole rings is 1. The normalized spacial score (nSPS) is 15.6. The number of rotatable bonds is 4. The molecule has 25 heavy (non-hydrogen) atoms. The number of Topliss-reactive ketones (excluding diaryl/α,β-unsaturated/α-hetero) is 1. The second-order valence-electron chi connectivity index (χ2n) is 6.92. The van der Waals surface area contributed by atoms with E-state index in [1.54, 1.807) is 19.2 Å². The van der Waals surface area contributed by atoms with Gasteiger partial charge in [0.25, 0.3) is 5.91 Å². The average Bonchev–Trinajstić information content (AvgIpc) is 3.14. The Labute approximate surface area is 153 Å². The third-order valence-corrected chi connectivity index (χ3v) is 5.85. The molecule has 0 fully saturated rings. The summed E-state index contributed by atoms with van der Waals surface area (Å²) in [5.74, 6) is -0.444. The third kappa shape index (κ3) is 3.96. The van der Waals surface area contributed by atoms with Crippen molar-refractivity contribution in [2.45, 2.75) is 26.7 Å². The van der Waals surface area contributed by atoms with Crippen molar-refractivity contribution < 1.29 is 14.4 Å². The molecule has 0 aliphatic heterocycles. The number of aromatic nitrogens is 1. The monoisotopic (exact) mass is 377 g/mol. The van der Waals surface area contributed by atoms with Crippen LogP contribution < -0.4 is 5.32 Å². The van der Waals surface area contributed by atoms with Crippen molar-refractivity contribution in [3.8, 4) is 0 Å². The lowest BCUT2D eigenvalue weighted by Crippen LogP contribution is -2.34. The van der Waals surface area contributed by atoms with E-state index in [0.29, 0.717) is 21.3 Å². The van der Waals surface area contributed by atoms with Crippen molar-refractivity contribution in [1.82, 2.24) is 9.88 Å². The van der Waals surface area contributed by atoms with Gasteiger partial charge in [0, 0.05) is 13.5 Å². The number of hydrogen-bond donors (Lipinski definition) is 1. The summed E-state index contributed by atoms with van der Waals surface area (Å²) in [6.45, 7) is 4.01. The van der Waals surface area contributed by atoms with Gasteiger partial charge in [-0.2, -0.15) is 0 Å². The van der Waals surface area contributed by atoms with Gasteiger partial charge in [0.1, 0.15) is 0 Å². The van der Waals surface area contributed by atoms with Crippen LogP contribution in [0.4, 0.5) is 5.13 Å². The highest BCUT2D eigenvalue weighted by molar-refractivity contribution is 7.17. The fraction of sp³-hybridized carbons (Fsp3) is 0.412. The van der Waals surface area contributed by atoms with E-state index in [1.807, 2.05) is 19.2 Å². The van der Waals surface area contributed by atoms with Crippen molar-refractivity contribution in [2.75, 3.05) is 18.9 Å². The zero-order chi connectivity index (χ0) is 18.2. The van der Waals surface area contributed by atoms with Gasteiger partial charge in [0.2, 0.25) is 5.91 Å². The zero-order valence-corrected chi connectivity index (χ0v) is 15.9. The SMILES string of the molecule is CN(CC(=O)Nc1nc2c(s1)C(=O)CC(C)(C)C2)C(=O)c1cccs1. The zero-order valence-electron chi connectivity index (χ0n) is 14.3. The molecule has 3 rings (SSSR count). The van der Waals surface area contributed by atoms with Crippen molar-refractivity contribution in [3.63, 3.8) is 0 Å². The summed E-state index contributed by atoms with van der Waals surface area (Å²) in [5.41, 5.74) is 0.650. The molecule has 2 aromatic heterocycles. The van der Waals surface area contributed by atoms with Gasteiger partial charge in [0.15, 0.2) is 10.9 Å². The second kappa shape index (κ2) is 6.68. The summed E-state index contributed by atoms with van der Waals surface area (Å²) in [5, 5.41) is 4.94. The summed E-state index contributed by atoms with van der Waals surface area (Å²) < 4.78 is 0. The van der Waals surface area contributed by atoms with Crippen LogP contribution in [0, 0.1) is 5.41 Å². The molecule has 0 atom stereocenters. The highest BCUT2D eigenvalue weighted by atomic mass is 32.1. The number of carbonyl (C=O) groups excluding carboxylic acids is 3. The number of anilines is 1. The van der Waals surface area contributed by atoms with E-state index in [9.17, 15) is 14.4 Å². The molecule has 2 heterocycles. The minimum Gasteiger partial charge on any atom is -0.332 e. The maximum Gasteiger partial charge on any atom is 0.264 e. The van der Waals surface area contributed by atoms with Crippen LogP contribution >= 0.6 is 22.7 Å². The highest BCUT2D eigenvalue weighted by Gasteiger charge is 2.34. The molecule has 0 saturated carbocycles. The largest absolute Gasteiger partial charge is 0.332 e. The number of thiophene rings is 1. The predicted octanol–water partition coefficient (Wildman–Crippen LogP) is 3.07. The molecule has 0 saturated heterocycles. The molecule has 1 aliphatic rings. The van der Waals surface area contributed by atoms with E-state index in [2.05, 4.69) is 10.3 Å². The minimum absolute atomic E-state index is 0.0690. The molecule has 0 aromatic carbocycles. The molecule has 2 aromatic rings. The van der Waals surface area contributed by atoms with Crippen molar-refractivity contribution in [3.05, 3.63) is 33.0 Å². The molecule has 132 valence electrons. The molecular formula is C17H19N3O3S2. The predicted molar refractivity (Wildman–Crippen MR) is 98.5 cm³/mol. The number of ketones is 1. The summed E-state index contributed by atoms with van der Waals surface area (Å²) in [6.07, 6.45) is 1.21. The summed E-state index contributed by atoms with van der Waals surface area (Å²) in [6, 6.07) is 3.52. The maximum atomic E-state index is 12.2. The average molecular weight is 377 g/mol. The standard InChI is InChI=1S/C17H19N3O3S2/c1-17(2)7-10-14(11(21)8-17)25-16(18-10)19-13(22)9-20(3)15(23)12-5-4-6-24-12/h4-6H,7-9H2,1-3H3,(H,18,19,22). The van der Waals surface area contributed by atoms with Crippen molar-refractivity contribution >= 4 is 45.4 Å². The van der Waals surface area contributed by atoms with Gasteiger partial charge in [-0.25, -0.2) is 4.98 Å². The molecule has 2 amide bonds. The van der Waals surface area contributed by atoms with Gasteiger partial charge in [0.05, 0.1) is 22.0 Å². The maximum absolute atomic E-state index is 12.2. The molecule has 0 bridgehead atoms. The number of nitrogens with one attached hydrogen (secondary N) is 1. The van der Waals surface area contributed by atoms with E-state index in [0.717, 1.165) is 12.1 Å². The lowest BCUT2D eigenvalue weighted by molar-refractivity contribution is -0.116. The van der Waals surface area contributed by atoms with Gasteiger partial charge in [-0.05, 0) is 23.3 Å². The molecule has 0 unspecified atom stereocenters. The van der Waals surface area contributed by atoms with Crippen LogP contribution in [0.5, 0.6) is 0 Å². The number of carbonyl (C=O) groups is 3. The Kier molecular flexibility index (Phi) is 4.75. The minimum atomic E-state index is -0.329. The molecule has 8 heteroatoms. The number of amides is 2. The number of hydrogen-bond acceptors (Lipinski definition) is 6. The first-order valence-corrected chi connectivity index (χ1v) is 9.56. The Balaban J connectivity index is 1.64. The first-order chi connectivity index (χ1) is 11.7. The Morgan fingerprint density at radius 2 is 2.12 bits per heavy atom. The fourth-order valence-electron chi connectivity index (χ4n) is 2.81. The van der Waals surface area contributed by atoms with Gasteiger partial charge >= 0.3 is 0 Å². The van der Waals surface area contributed by atoms with Crippen LogP contribution in [0.1, 0.15) is 45.3 Å². The summed E-state index contributed by atoms with van der Waals surface area (Å²) in [7, 11) is 1.58. The summed E-state index contributed by atoms with van der Waals surface area (Å²) in [4.78, 5) is 43.6. The third-order valence-electron chi connectivity index (χ3n) is 3.94. The number of likely N-dealkylation sites (N-methyl/N-ethyl adjacent to an activating group) is 1. The Bertz CT molecular complexity index is 824. The lowest BCUT2D eigenvalue weighted by Gasteiger charge is -2.26. The molecule has 1 N–H and O–H groups in total. The molecule has 1 aliphatic carbocycles. The Morgan fingerprint density at radius 3 is 2.80 bits per heavy atom. The van der Waals surface area contributed by atoms with Crippen molar-refractivity contribution in [2.24, 2.45) is 5.41 Å². The molecular weight excluding hydrogens is 358 g/mol. The van der Waals surface area contributed by atoms with Crippen LogP contribution in [0.3, 0.4) is 0 Å². The Hall–Kier alpha value is -2.06. The number of nitrogens with zero attached hydrogens (tertiary/aromatic N) is 2. The summed E-state index contributed by atoms with van der Waals surface area (Å²) >= 11 is 2.55. The van der Waals surface area contributed by atoms with Crippen LogP contribution in [0.15, 0.2) is 17.5 Å². The lowest BCUT2D eigenvalue weighted by atomic mass is 9.78. The Morgan fingerprint density at radius 1 is 1.36 bits per heavy atom. The van der Waals surface area contributed by atoms with Crippen LogP contribution in [0.2, 0.25) is 0 Å². The van der Waals surface area contributed by atoms with E-state index < -0.39 is 0 Å². The topological polar surface area (TPSA) is 79.4 Å². The molecule has 0 spiro atoms. The highest BCUT2D eigenvalue weighted by Crippen LogP contribution is 2.38. The van der Waals surface area contributed by atoms with E-state index >= 15 is 0 Å². The van der Waals surface area contributed by atoms with Crippen LogP contribution in [-0.4, -0.2) is 41.1 Å². The molecule has 6 nitrogen and oxygen atoms in total. The van der Waals surface area contributed by atoms with E-state index in [-0.39, 0.29) is 29.6 Å². The second-order valence-corrected chi connectivity index (χ2v) is 8.87. The van der Waals surface area contributed by atoms with E-state index in [4.69, 9.17) is 0 Å². The van der Waals surface area contributed by atoms with Gasteiger partial charge in [-0.1, -0.05) is 31.3 Å². The van der Waals surface area contributed by atoms with Gasteiger partial charge in [-0.15, -0.1) is 11.3 Å². The van der Waals surface area contributed by atoms with E-state index in [1.165, 1.54) is 27.6 Å². The van der Waals surface area contributed by atoms with Gasteiger partial charge in [-0.3, -0.25) is 14.4 Å². The van der Waals surface area contributed by atoms with Crippen molar-refractivity contribution in [1.29, 1.82) is 0 Å². The van der Waals surface area contributed by atoms with Crippen LogP contribution in [-0.2, 0) is 11.2 Å². The quantitative estimate of drug-likeness (QED) is 0.888. The first-order valence-electron chi connectivity index (χ1n) is 7.87. The smallest absolute Gasteiger partial charge is 0.264 e. The first kappa shape index (κ1) is 17.8. The number of fused-ring (bicyclic) bond motifs is 1.